The molecule has 0 aliphatic carbocycles. The molecule has 0 saturated heterocycles. The zero-order valence-electron chi connectivity index (χ0n) is 13.3. The van der Waals surface area contributed by atoms with Crippen LogP contribution in [-0.2, 0) is 5.60 Å². The molecule has 3 aromatic rings. The SMILES string of the molecule is OCCOc1ccc(C(O)(c2ccccc2)c2ccccc2)cc1. The minimum absolute atomic E-state index is 0.0281. The maximum Gasteiger partial charge on any atom is 0.140 e. The van der Waals surface area contributed by atoms with E-state index < -0.39 is 5.60 Å². The predicted octanol–water partition coefficient (Wildman–Crippen LogP) is 3.34. The zero-order valence-corrected chi connectivity index (χ0v) is 13.3. The van der Waals surface area contributed by atoms with E-state index in [1.54, 1.807) is 0 Å². The smallest absolute Gasteiger partial charge is 0.140 e. The first-order chi connectivity index (χ1) is 11.7. The summed E-state index contributed by atoms with van der Waals surface area (Å²) in [4.78, 5) is 0. The second kappa shape index (κ2) is 7.30. The number of aliphatic hydroxyl groups excluding tert-OH is 1. The molecule has 0 spiro atoms. The molecule has 122 valence electrons. The summed E-state index contributed by atoms with van der Waals surface area (Å²) < 4.78 is 5.40. The number of hydrogen-bond donors (Lipinski definition) is 2. The van der Waals surface area contributed by atoms with Crippen LogP contribution >= 0.6 is 0 Å². The van der Waals surface area contributed by atoms with Crippen LogP contribution in [0.2, 0.25) is 0 Å². The zero-order chi connectivity index (χ0) is 16.8. The first-order valence-corrected chi connectivity index (χ1v) is 7.93. The lowest BCUT2D eigenvalue weighted by Gasteiger charge is -2.30. The molecule has 3 nitrogen and oxygen atoms in total. The second-order valence-corrected chi connectivity index (χ2v) is 5.54. The van der Waals surface area contributed by atoms with Gasteiger partial charge < -0.3 is 14.9 Å². The highest BCUT2D eigenvalue weighted by atomic mass is 16.5. The molecule has 3 rings (SSSR count). The van der Waals surface area contributed by atoms with Crippen molar-refractivity contribution in [3.8, 4) is 5.75 Å². The first kappa shape index (κ1) is 16.2. The standard InChI is InChI=1S/C21H20O3/c22-15-16-24-20-13-11-19(12-14-20)21(23,17-7-3-1-4-8-17)18-9-5-2-6-10-18/h1-14,22-23H,15-16H2. The average molecular weight is 320 g/mol. The number of ether oxygens (including phenoxy) is 1. The molecule has 0 aliphatic rings. The Hall–Kier alpha value is -2.62. The third-order valence-corrected chi connectivity index (χ3v) is 4.02. The molecule has 0 heterocycles. The van der Waals surface area contributed by atoms with Gasteiger partial charge in [0.25, 0.3) is 0 Å². The third kappa shape index (κ3) is 3.18. The van der Waals surface area contributed by atoms with Crippen molar-refractivity contribution in [2.75, 3.05) is 13.2 Å². The summed E-state index contributed by atoms with van der Waals surface area (Å²) in [5.41, 5.74) is 1.13. The molecule has 0 bridgehead atoms. The molecule has 0 unspecified atom stereocenters. The number of rotatable bonds is 6. The van der Waals surface area contributed by atoms with E-state index in [1.165, 1.54) is 0 Å². The van der Waals surface area contributed by atoms with Gasteiger partial charge in [-0.3, -0.25) is 0 Å². The van der Waals surface area contributed by atoms with E-state index in [1.807, 2.05) is 84.9 Å². The van der Waals surface area contributed by atoms with Crippen molar-refractivity contribution in [1.82, 2.24) is 0 Å². The molecule has 0 amide bonds. The predicted molar refractivity (Wildman–Crippen MR) is 94.0 cm³/mol. The van der Waals surface area contributed by atoms with Crippen LogP contribution in [0.25, 0.3) is 0 Å². The minimum Gasteiger partial charge on any atom is -0.491 e. The van der Waals surface area contributed by atoms with Crippen molar-refractivity contribution in [1.29, 1.82) is 0 Å². The van der Waals surface area contributed by atoms with Gasteiger partial charge in [0.15, 0.2) is 0 Å². The first-order valence-electron chi connectivity index (χ1n) is 7.93. The van der Waals surface area contributed by atoms with Crippen molar-refractivity contribution >= 4 is 0 Å². The van der Waals surface area contributed by atoms with E-state index in [0.717, 1.165) is 16.7 Å². The number of aliphatic hydroxyl groups is 2. The fraction of sp³-hybridized carbons (Fsp3) is 0.143. The molecule has 0 atom stereocenters. The largest absolute Gasteiger partial charge is 0.491 e. The summed E-state index contributed by atoms with van der Waals surface area (Å²) in [6, 6.07) is 26.5. The Morgan fingerprint density at radius 2 is 1.12 bits per heavy atom. The summed E-state index contributed by atoms with van der Waals surface area (Å²) in [5.74, 6) is 0.663. The molecular weight excluding hydrogens is 300 g/mol. The van der Waals surface area contributed by atoms with Crippen LogP contribution in [0, 0.1) is 0 Å². The molecular formula is C21H20O3. The van der Waals surface area contributed by atoms with Crippen LogP contribution in [-0.4, -0.2) is 23.4 Å². The lowest BCUT2D eigenvalue weighted by molar-refractivity contribution is 0.125. The van der Waals surface area contributed by atoms with Crippen LogP contribution in [0.5, 0.6) is 5.75 Å². The van der Waals surface area contributed by atoms with E-state index >= 15 is 0 Å². The van der Waals surface area contributed by atoms with E-state index in [2.05, 4.69) is 0 Å². The molecule has 3 aromatic carbocycles. The summed E-state index contributed by atoms with van der Waals surface area (Å²) in [6.45, 7) is 0.223. The number of hydrogen-bond acceptors (Lipinski definition) is 3. The van der Waals surface area contributed by atoms with Crippen LogP contribution in [0.1, 0.15) is 16.7 Å². The van der Waals surface area contributed by atoms with Gasteiger partial charge in [-0.15, -0.1) is 0 Å². The summed E-state index contributed by atoms with van der Waals surface area (Å²) in [5, 5.41) is 20.5. The molecule has 24 heavy (non-hydrogen) atoms. The molecule has 0 aliphatic heterocycles. The molecule has 0 fully saturated rings. The Balaban J connectivity index is 2.06. The highest BCUT2D eigenvalue weighted by Gasteiger charge is 2.33. The fourth-order valence-electron chi connectivity index (χ4n) is 2.81. The van der Waals surface area contributed by atoms with E-state index in [0.29, 0.717) is 5.75 Å². The van der Waals surface area contributed by atoms with Gasteiger partial charge in [0.05, 0.1) is 6.61 Å². The maximum absolute atomic E-state index is 11.6. The van der Waals surface area contributed by atoms with Gasteiger partial charge in [0.2, 0.25) is 0 Å². The van der Waals surface area contributed by atoms with Crippen molar-refractivity contribution in [3.05, 3.63) is 102 Å². The Labute approximate surface area is 141 Å². The van der Waals surface area contributed by atoms with Crippen molar-refractivity contribution < 1.29 is 14.9 Å². The van der Waals surface area contributed by atoms with Gasteiger partial charge in [0.1, 0.15) is 18.0 Å². The molecule has 0 radical (unpaired) electrons. The van der Waals surface area contributed by atoms with Gasteiger partial charge in [-0.25, -0.2) is 0 Å². The van der Waals surface area contributed by atoms with E-state index in [-0.39, 0.29) is 13.2 Å². The van der Waals surface area contributed by atoms with E-state index in [4.69, 9.17) is 9.84 Å². The van der Waals surface area contributed by atoms with Crippen molar-refractivity contribution in [2.45, 2.75) is 5.60 Å². The normalized spacial score (nSPS) is 11.2. The Bertz CT molecular complexity index is 713. The molecule has 2 N–H and O–H groups in total. The molecule has 0 saturated carbocycles. The average Bonchev–Trinajstić information content (AvgIpc) is 2.67. The quantitative estimate of drug-likeness (QED) is 0.685. The highest BCUT2D eigenvalue weighted by molar-refractivity contribution is 5.47. The van der Waals surface area contributed by atoms with Gasteiger partial charge in [-0.2, -0.15) is 0 Å². The van der Waals surface area contributed by atoms with Crippen molar-refractivity contribution in [2.24, 2.45) is 0 Å². The Kier molecular flexibility index (Phi) is 4.94. The van der Waals surface area contributed by atoms with Gasteiger partial charge >= 0.3 is 0 Å². The number of benzene rings is 3. The van der Waals surface area contributed by atoms with E-state index in [9.17, 15) is 5.11 Å². The third-order valence-electron chi connectivity index (χ3n) is 4.02. The summed E-state index contributed by atoms with van der Waals surface area (Å²) in [6.07, 6.45) is 0. The van der Waals surface area contributed by atoms with Gasteiger partial charge in [0, 0.05) is 0 Å². The molecule has 0 aromatic heterocycles. The Morgan fingerprint density at radius 3 is 1.58 bits per heavy atom. The Morgan fingerprint density at radius 1 is 0.667 bits per heavy atom. The van der Waals surface area contributed by atoms with Crippen LogP contribution in [0.15, 0.2) is 84.9 Å². The van der Waals surface area contributed by atoms with Gasteiger partial charge in [-0.05, 0) is 28.8 Å². The van der Waals surface area contributed by atoms with Crippen LogP contribution in [0.3, 0.4) is 0 Å². The highest BCUT2D eigenvalue weighted by Crippen LogP contribution is 2.37. The van der Waals surface area contributed by atoms with Crippen LogP contribution < -0.4 is 4.74 Å². The minimum atomic E-state index is -1.24. The second-order valence-electron chi connectivity index (χ2n) is 5.54. The van der Waals surface area contributed by atoms with Crippen LogP contribution in [0.4, 0.5) is 0 Å². The fourth-order valence-corrected chi connectivity index (χ4v) is 2.81. The monoisotopic (exact) mass is 320 g/mol. The molecule has 3 heteroatoms. The lowest BCUT2D eigenvalue weighted by atomic mass is 9.80. The van der Waals surface area contributed by atoms with Crippen molar-refractivity contribution in [3.63, 3.8) is 0 Å². The van der Waals surface area contributed by atoms with Gasteiger partial charge in [-0.1, -0.05) is 72.8 Å². The lowest BCUT2D eigenvalue weighted by Crippen LogP contribution is -2.28. The topological polar surface area (TPSA) is 49.7 Å². The summed E-state index contributed by atoms with van der Waals surface area (Å²) in [7, 11) is 0. The summed E-state index contributed by atoms with van der Waals surface area (Å²) >= 11 is 0. The maximum atomic E-state index is 11.6.